The first-order valence-electron chi connectivity index (χ1n) is 12.2. The highest BCUT2D eigenvalue weighted by atomic mass is 16.5. The Kier molecular flexibility index (Phi) is 7.20. The normalized spacial score (nSPS) is 13.0. The molecule has 4 aromatic rings. The second kappa shape index (κ2) is 11.0. The molecule has 1 amide bonds. The van der Waals surface area contributed by atoms with Gasteiger partial charge < -0.3 is 19.9 Å². The van der Waals surface area contributed by atoms with Crippen molar-refractivity contribution in [1.29, 1.82) is 0 Å². The molecule has 0 atom stereocenters. The van der Waals surface area contributed by atoms with Gasteiger partial charge in [0.2, 0.25) is 17.6 Å². The molecule has 186 valence electrons. The van der Waals surface area contributed by atoms with Crippen LogP contribution in [0.1, 0.15) is 31.6 Å². The van der Waals surface area contributed by atoms with E-state index in [4.69, 9.17) is 9.26 Å². The highest BCUT2D eigenvalue weighted by Gasteiger charge is 2.21. The third kappa shape index (κ3) is 6.07. The highest BCUT2D eigenvalue weighted by Crippen LogP contribution is 2.30. The number of aromatic amines is 1. The van der Waals surface area contributed by atoms with Crippen LogP contribution in [0.15, 0.2) is 57.8 Å². The van der Waals surface area contributed by atoms with Crippen LogP contribution in [0.3, 0.4) is 0 Å². The van der Waals surface area contributed by atoms with E-state index in [1.54, 1.807) is 6.07 Å². The van der Waals surface area contributed by atoms with Gasteiger partial charge in [-0.3, -0.25) is 9.59 Å². The lowest BCUT2D eigenvalue weighted by Crippen LogP contribution is -2.26. The summed E-state index contributed by atoms with van der Waals surface area (Å²) in [6, 6.07) is 14.9. The summed E-state index contributed by atoms with van der Waals surface area (Å²) in [5.74, 6) is 2.99. The van der Waals surface area contributed by atoms with Crippen LogP contribution in [-0.4, -0.2) is 45.9 Å². The molecule has 0 saturated heterocycles. The number of carbonyl (C=O) groups excluding carboxylic acids is 1. The largest absolute Gasteiger partial charge is 0.493 e. The van der Waals surface area contributed by atoms with Gasteiger partial charge in [-0.25, -0.2) is 5.10 Å². The molecular formula is C26H28N6O4. The van der Waals surface area contributed by atoms with Crippen molar-refractivity contribution in [2.45, 2.75) is 32.1 Å². The molecule has 0 spiro atoms. The van der Waals surface area contributed by atoms with Crippen molar-refractivity contribution in [2.75, 3.05) is 25.0 Å². The molecule has 3 N–H and O–H groups in total. The average Bonchev–Trinajstić information content (AvgIpc) is 3.62. The maximum absolute atomic E-state index is 12.2. The van der Waals surface area contributed by atoms with Crippen LogP contribution in [0.2, 0.25) is 0 Å². The minimum absolute atomic E-state index is 0.0838. The molecule has 2 heterocycles. The van der Waals surface area contributed by atoms with Crippen molar-refractivity contribution in [2.24, 2.45) is 5.92 Å². The number of nitrogens with one attached hydrogen (secondary N) is 3. The lowest BCUT2D eigenvalue weighted by atomic mass is 10.2. The fourth-order valence-electron chi connectivity index (χ4n) is 3.75. The number of amides is 1. The van der Waals surface area contributed by atoms with Gasteiger partial charge in [-0.1, -0.05) is 23.4 Å². The van der Waals surface area contributed by atoms with Gasteiger partial charge in [-0.15, -0.1) is 0 Å². The van der Waals surface area contributed by atoms with Gasteiger partial charge in [-0.05, 0) is 55.5 Å². The van der Waals surface area contributed by atoms with Gasteiger partial charge in [0.15, 0.2) is 5.82 Å². The zero-order valence-corrected chi connectivity index (χ0v) is 19.8. The number of carbonyl (C=O) groups is 1. The maximum atomic E-state index is 12.2. The molecule has 1 saturated carbocycles. The van der Waals surface area contributed by atoms with Crippen molar-refractivity contribution >= 4 is 22.5 Å². The minimum Gasteiger partial charge on any atom is -0.493 e. The zero-order valence-electron chi connectivity index (χ0n) is 19.8. The maximum Gasteiger partial charge on any atom is 0.272 e. The summed E-state index contributed by atoms with van der Waals surface area (Å²) in [6.45, 7) is 1.88. The number of aromatic nitrogens is 4. The van der Waals surface area contributed by atoms with Gasteiger partial charge in [0.05, 0.1) is 12.0 Å². The second-order valence-corrected chi connectivity index (χ2v) is 8.87. The van der Waals surface area contributed by atoms with E-state index in [0.717, 1.165) is 23.3 Å². The minimum atomic E-state index is -0.219. The van der Waals surface area contributed by atoms with Crippen molar-refractivity contribution < 1.29 is 14.1 Å². The fraction of sp³-hybridized carbons (Fsp3) is 0.346. The van der Waals surface area contributed by atoms with Crippen molar-refractivity contribution in [3.05, 3.63) is 64.8 Å². The lowest BCUT2D eigenvalue weighted by Gasteiger charge is -2.08. The molecule has 2 aromatic heterocycles. The first-order chi connectivity index (χ1) is 17.7. The molecule has 10 heteroatoms. The molecule has 5 rings (SSSR count). The zero-order chi connectivity index (χ0) is 24.7. The summed E-state index contributed by atoms with van der Waals surface area (Å²) >= 11 is 0. The Morgan fingerprint density at radius 2 is 1.89 bits per heavy atom. The predicted octanol–water partition coefficient (Wildman–Crippen LogP) is 3.31. The molecule has 0 radical (unpaired) electrons. The molecule has 36 heavy (non-hydrogen) atoms. The molecular weight excluding hydrogens is 460 g/mol. The number of H-pyrrole nitrogens is 1. The quantitative estimate of drug-likeness (QED) is 0.259. The van der Waals surface area contributed by atoms with Crippen LogP contribution in [0.4, 0.5) is 5.82 Å². The van der Waals surface area contributed by atoms with Crippen LogP contribution in [0, 0.1) is 5.92 Å². The molecule has 1 aliphatic rings. The summed E-state index contributed by atoms with van der Waals surface area (Å²) in [5, 5.41) is 18.1. The Morgan fingerprint density at radius 3 is 2.69 bits per heavy atom. The van der Waals surface area contributed by atoms with Gasteiger partial charge in [-0.2, -0.15) is 10.1 Å². The highest BCUT2D eigenvalue weighted by molar-refractivity contribution is 5.90. The topological polar surface area (TPSA) is 135 Å². The standard InChI is InChI=1S/C26H28N6O4/c33-22(27-14-3-15-28-25-20-4-1-2-5-21(20)26(34)31-30-25)12-13-23-29-24(32-36-23)18-8-10-19(11-9-18)35-16-17-6-7-17/h1-2,4-5,8-11,17H,3,6-7,12-16H2,(H,27,33)(H,28,30)(H,31,34). The van der Waals surface area contributed by atoms with E-state index >= 15 is 0 Å². The van der Waals surface area contributed by atoms with Crippen molar-refractivity contribution in [3.8, 4) is 17.1 Å². The summed E-state index contributed by atoms with van der Waals surface area (Å²) in [7, 11) is 0. The number of aryl methyl sites for hydroxylation is 1. The molecule has 0 bridgehead atoms. The first-order valence-corrected chi connectivity index (χ1v) is 12.2. The van der Waals surface area contributed by atoms with Crippen LogP contribution in [-0.2, 0) is 11.2 Å². The van der Waals surface area contributed by atoms with E-state index < -0.39 is 0 Å². The van der Waals surface area contributed by atoms with Gasteiger partial charge in [0, 0.05) is 36.9 Å². The van der Waals surface area contributed by atoms with Crippen molar-refractivity contribution in [1.82, 2.24) is 25.7 Å². The molecule has 1 fully saturated rings. The number of hydrogen-bond donors (Lipinski definition) is 3. The Balaban J connectivity index is 1.02. The second-order valence-electron chi connectivity index (χ2n) is 8.87. The average molecular weight is 489 g/mol. The number of benzene rings is 2. The fourth-order valence-corrected chi connectivity index (χ4v) is 3.75. The first kappa shape index (κ1) is 23.5. The Hall–Kier alpha value is -4.21. The van der Waals surface area contributed by atoms with Gasteiger partial charge in [0.25, 0.3) is 5.56 Å². The number of ether oxygens (including phenoxy) is 1. The van der Waals surface area contributed by atoms with E-state index in [9.17, 15) is 9.59 Å². The Labute approximate surface area is 207 Å². The summed E-state index contributed by atoms with van der Waals surface area (Å²) in [4.78, 5) is 28.5. The van der Waals surface area contributed by atoms with Gasteiger partial charge >= 0.3 is 0 Å². The third-order valence-corrected chi connectivity index (χ3v) is 5.99. The molecule has 2 aromatic carbocycles. The van der Waals surface area contributed by atoms with E-state index in [2.05, 4.69) is 31.0 Å². The number of anilines is 1. The van der Waals surface area contributed by atoms with Crippen LogP contribution in [0.5, 0.6) is 5.75 Å². The van der Waals surface area contributed by atoms with Crippen LogP contribution < -0.4 is 20.9 Å². The van der Waals surface area contributed by atoms with E-state index in [-0.39, 0.29) is 17.9 Å². The third-order valence-electron chi connectivity index (χ3n) is 5.99. The number of nitrogens with zero attached hydrogens (tertiary/aromatic N) is 3. The Morgan fingerprint density at radius 1 is 1.08 bits per heavy atom. The SMILES string of the molecule is O=C(CCc1nc(-c2ccc(OCC3CC3)cc2)no1)NCCCNc1n[nH]c(=O)c2ccccc12. The summed E-state index contributed by atoms with van der Waals surface area (Å²) in [6.07, 6.45) is 3.84. The van der Waals surface area contributed by atoms with Crippen molar-refractivity contribution in [3.63, 3.8) is 0 Å². The number of rotatable bonds is 12. The molecule has 10 nitrogen and oxygen atoms in total. The van der Waals surface area contributed by atoms with E-state index in [0.29, 0.717) is 54.8 Å². The number of fused-ring (bicyclic) bond motifs is 1. The molecule has 1 aliphatic carbocycles. The van der Waals surface area contributed by atoms with Crippen LogP contribution >= 0.6 is 0 Å². The summed E-state index contributed by atoms with van der Waals surface area (Å²) < 4.78 is 11.1. The van der Waals surface area contributed by atoms with E-state index in [1.165, 1.54) is 12.8 Å². The Bertz CT molecular complexity index is 1380. The van der Waals surface area contributed by atoms with Crippen LogP contribution in [0.25, 0.3) is 22.2 Å². The van der Waals surface area contributed by atoms with E-state index in [1.807, 2.05) is 42.5 Å². The number of hydrogen-bond acceptors (Lipinski definition) is 8. The predicted molar refractivity (Wildman–Crippen MR) is 135 cm³/mol. The lowest BCUT2D eigenvalue weighted by molar-refractivity contribution is -0.121. The summed E-state index contributed by atoms with van der Waals surface area (Å²) in [5.41, 5.74) is 0.619. The van der Waals surface area contributed by atoms with Gasteiger partial charge in [0.1, 0.15) is 5.75 Å². The molecule has 0 aliphatic heterocycles. The smallest absolute Gasteiger partial charge is 0.272 e. The monoisotopic (exact) mass is 488 g/mol. The molecule has 0 unspecified atom stereocenters.